The molecule has 0 amide bonds. The van der Waals surface area contributed by atoms with Crippen LogP contribution in [0.25, 0.3) is 6.08 Å². The van der Waals surface area contributed by atoms with Crippen molar-refractivity contribution in [1.82, 2.24) is 0 Å². The van der Waals surface area contributed by atoms with Gasteiger partial charge in [-0.1, -0.05) is 30.1 Å². The Kier molecular flexibility index (Phi) is 2.48. The first-order valence-electron chi connectivity index (χ1n) is 7.58. The summed E-state index contributed by atoms with van der Waals surface area (Å²) in [5.74, 6) is 0.324. The summed E-state index contributed by atoms with van der Waals surface area (Å²) in [6.45, 7) is 4.19. The highest BCUT2D eigenvalue weighted by atomic mass is 16.3. The number of phenols is 1. The van der Waals surface area contributed by atoms with Gasteiger partial charge in [-0.05, 0) is 42.0 Å². The number of aliphatic hydroxyl groups is 1. The van der Waals surface area contributed by atoms with E-state index in [2.05, 4.69) is 6.92 Å². The van der Waals surface area contributed by atoms with E-state index in [1.165, 1.54) is 0 Å². The van der Waals surface area contributed by atoms with Crippen LogP contribution in [0.1, 0.15) is 44.2 Å². The van der Waals surface area contributed by atoms with Gasteiger partial charge in [0.2, 0.25) is 0 Å². The van der Waals surface area contributed by atoms with E-state index in [1.807, 2.05) is 18.2 Å². The van der Waals surface area contributed by atoms with Gasteiger partial charge < -0.3 is 21.9 Å². The minimum Gasteiger partial charge on any atom is -0.508 e. The number of ketones is 1. The van der Waals surface area contributed by atoms with E-state index in [0.717, 1.165) is 24.0 Å². The molecule has 0 aliphatic heterocycles. The van der Waals surface area contributed by atoms with E-state index < -0.39 is 11.0 Å². The predicted molar refractivity (Wildman–Crippen MR) is 80.7 cm³/mol. The van der Waals surface area contributed by atoms with Gasteiger partial charge in [-0.2, -0.15) is 0 Å². The second kappa shape index (κ2) is 3.98. The number of benzene rings is 1. The summed E-state index contributed by atoms with van der Waals surface area (Å²) in [6.07, 6.45) is 6.44. The second-order valence-electron chi connectivity index (χ2n) is 6.80. The Hall–Kier alpha value is -1.61. The van der Waals surface area contributed by atoms with Crippen molar-refractivity contribution in [3.8, 4) is 5.75 Å². The van der Waals surface area contributed by atoms with E-state index in [0.29, 0.717) is 12.8 Å². The van der Waals surface area contributed by atoms with Gasteiger partial charge in [-0.3, -0.25) is 0 Å². The van der Waals surface area contributed by atoms with Crippen LogP contribution in [-0.2, 0) is 4.79 Å². The second-order valence-corrected chi connectivity index (χ2v) is 6.80. The topological polar surface area (TPSA) is 57.5 Å². The molecule has 0 spiro atoms. The molecule has 3 aliphatic rings. The maximum atomic E-state index is 12.2. The number of carbonyl (C=O) groups is 1. The van der Waals surface area contributed by atoms with Crippen molar-refractivity contribution >= 4 is 11.9 Å². The number of aromatic hydroxyl groups is 1. The number of phenolic OH excluding ortho intramolecular Hbond substituents is 1. The number of Topliss-reactive ketones (excluding diaryl/α,β-unsaturated/α-hetero) is 1. The molecule has 110 valence electrons. The largest absolute Gasteiger partial charge is 1.00 e. The summed E-state index contributed by atoms with van der Waals surface area (Å²) in [6, 6.07) is 5.30. The quantitative estimate of drug-likeness (QED) is 0.720. The summed E-state index contributed by atoms with van der Waals surface area (Å²) in [5.41, 5.74) is 0.421. The van der Waals surface area contributed by atoms with Gasteiger partial charge in [-0.25, -0.2) is 0 Å². The van der Waals surface area contributed by atoms with Gasteiger partial charge >= 0.3 is 1.43 Å². The molecule has 2 N–H and O–H groups in total. The van der Waals surface area contributed by atoms with Crippen molar-refractivity contribution < 1.29 is 16.4 Å². The van der Waals surface area contributed by atoms with Crippen LogP contribution >= 0.6 is 0 Å². The molecule has 2 saturated carbocycles. The molecule has 1 aromatic carbocycles. The van der Waals surface area contributed by atoms with E-state index in [1.54, 1.807) is 12.1 Å². The highest BCUT2D eigenvalue weighted by Crippen LogP contribution is 2.60. The standard InChI is InChI=1S/C18H19O3/c1-17-8-7-14-13-3-2-12(19)10-11(13)6-9-18(14,21)15(17)4-5-16(17)20/h2-3,6,9-10,14-15,19,21H,1,4-5,7-8H2/q-1/p+1/t14-,15-,17+,18-/m1/s1. The minimum atomic E-state index is -0.990. The predicted octanol–water partition coefficient (Wildman–Crippen LogP) is 2.94. The van der Waals surface area contributed by atoms with Crippen molar-refractivity contribution in [2.24, 2.45) is 11.3 Å². The minimum absolute atomic E-state index is 0. The van der Waals surface area contributed by atoms with Crippen LogP contribution < -0.4 is 0 Å². The van der Waals surface area contributed by atoms with Crippen LogP contribution in [0.5, 0.6) is 5.75 Å². The normalized spacial score (nSPS) is 40.6. The summed E-state index contributed by atoms with van der Waals surface area (Å²) in [5, 5.41) is 20.9. The molecule has 0 radical (unpaired) electrons. The third-order valence-electron chi connectivity index (χ3n) is 5.85. The molecule has 4 rings (SSSR count). The zero-order valence-electron chi connectivity index (χ0n) is 12.9. The summed E-state index contributed by atoms with van der Waals surface area (Å²) < 4.78 is 0. The molecular weight excluding hydrogens is 264 g/mol. The SMILES string of the molecule is [CH2-][C@]12CC[C@@H]3c4ccc(O)cc4C=C[C@]3(O)[C@@H]1CCC2=O.[H+]. The van der Waals surface area contributed by atoms with Crippen LogP contribution in [0.15, 0.2) is 24.3 Å². The first-order valence-corrected chi connectivity index (χ1v) is 7.58. The molecule has 1 aromatic rings. The van der Waals surface area contributed by atoms with Crippen LogP contribution in [0.2, 0.25) is 0 Å². The fraction of sp³-hybridized carbons (Fsp3) is 0.444. The van der Waals surface area contributed by atoms with Crippen LogP contribution in [0.3, 0.4) is 0 Å². The smallest absolute Gasteiger partial charge is 0.508 e. The summed E-state index contributed by atoms with van der Waals surface area (Å²) in [7, 11) is 0. The highest BCUT2D eigenvalue weighted by Gasteiger charge is 2.57. The number of hydrogen-bond acceptors (Lipinski definition) is 3. The van der Waals surface area contributed by atoms with Gasteiger partial charge in [0.15, 0.2) is 0 Å². The average Bonchev–Trinajstić information content (AvgIpc) is 2.75. The molecule has 0 saturated heterocycles. The van der Waals surface area contributed by atoms with Crippen molar-refractivity contribution in [1.29, 1.82) is 0 Å². The van der Waals surface area contributed by atoms with E-state index >= 15 is 0 Å². The van der Waals surface area contributed by atoms with Crippen LogP contribution in [0, 0.1) is 18.3 Å². The Labute approximate surface area is 125 Å². The van der Waals surface area contributed by atoms with Gasteiger partial charge in [0, 0.05) is 12.3 Å². The number of rotatable bonds is 0. The summed E-state index contributed by atoms with van der Waals surface area (Å²) >= 11 is 0. The number of hydrogen-bond donors (Lipinski definition) is 2. The van der Waals surface area contributed by atoms with Crippen molar-refractivity contribution in [2.45, 2.75) is 37.2 Å². The van der Waals surface area contributed by atoms with E-state index in [-0.39, 0.29) is 24.8 Å². The molecule has 0 aromatic heterocycles. The van der Waals surface area contributed by atoms with Crippen LogP contribution in [0.4, 0.5) is 0 Å². The third kappa shape index (κ3) is 1.55. The maximum Gasteiger partial charge on any atom is 1.00 e. The molecule has 21 heavy (non-hydrogen) atoms. The molecular formula is C18H20O3. The summed E-state index contributed by atoms with van der Waals surface area (Å²) in [4.78, 5) is 12.2. The Balaban J connectivity index is 0.00000144. The van der Waals surface area contributed by atoms with Gasteiger partial charge in [0.1, 0.15) is 11.5 Å². The maximum absolute atomic E-state index is 12.2. The average molecular weight is 284 g/mol. The van der Waals surface area contributed by atoms with Crippen LogP contribution in [-0.4, -0.2) is 21.6 Å². The molecule has 3 heteroatoms. The number of carbonyl (C=O) groups excluding carboxylic acids is 1. The Morgan fingerprint density at radius 2 is 2.14 bits per heavy atom. The lowest BCUT2D eigenvalue weighted by Crippen LogP contribution is -2.53. The Morgan fingerprint density at radius 3 is 2.95 bits per heavy atom. The zero-order valence-corrected chi connectivity index (χ0v) is 11.9. The van der Waals surface area contributed by atoms with Gasteiger partial charge in [0.25, 0.3) is 0 Å². The molecule has 0 unspecified atom stereocenters. The molecule has 0 heterocycles. The first-order chi connectivity index (χ1) is 9.95. The lowest BCUT2D eigenvalue weighted by Gasteiger charge is -2.55. The van der Waals surface area contributed by atoms with E-state index in [9.17, 15) is 15.0 Å². The molecule has 3 aliphatic carbocycles. The van der Waals surface area contributed by atoms with Crippen molar-refractivity contribution in [3.05, 3.63) is 42.3 Å². The van der Waals surface area contributed by atoms with Gasteiger partial charge in [-0.15, -0.1) is 0 Å². The molecule has 4 atom stereocenters. The van der Waals surface area contributed by atoms with Crippen molar-refractivity contribution in [2.75, 3.05) is 0 Å². The Bertz CT molecular complexity index is 668. The Morgan fingerprint density at radius 1 is 1.33 bits per heavy atom. The monoisotopic (exact) mass is 284 g/mol. The number of fused-ring (bicyclic) bond motifs is 5. The fourth-order valence-corrected chi connectivity index (χ4v) is 4.74. The van der Waals surface area contributed by atoms with Gasteiger partial charge in [0.05, 0.1) is 5.60 Å². The lowest BCUT2D eigenvalue weighted by molar-refractivity contribution is -0.133. The third-order valence-corrected chi connectivity index (χ3v) is 5.85. The molecule has 0 bridgehead atoms. The lowest BCUT2D eigenvalue weighted by atomic mass is 9.55. The zero-order chi connectivity index (χ0) is 14.8. The fourth-order valence-electron chi connectivity index (χ4n) is 4.74. The molecule has 3 nitrogen and oxygen atoms in total. The first kappa shape index (κ1) is 13.1. The highest BCUT2D eigenvalue weighted by molar-refractivity contribution is 5.89. The van der Waals surface area contributed by atoms with Crippen molar-refractivity contribution in [3.63, 3.8) is 0 Å². The van der Waals surface area contributed by atoms with E-state index in [4.69, 9.17) is 0 Å². The molecule has 2 fully saturated rings.